The number of nitrogens with zero attached hydrogens (tertiary/aromatic N) is 3. The van der Waals surface area contributed by atoms with Gasteiger partial charge < -0.3 is 14.4 Å². The van der Waals surface area contributed by atoms with Gasteiger partial charge in [0, 0.05) is 30.4 Å². The van der Waals surface area contributed by atoms with E-state index in [4.69, 9.17) is 9.47 Å². The van der Waals surface area contributed by atoms with Crippen LogP contribution in [0.3, 0.4) is 0 Å². The third kappa shape index (κ3) is 2.83. The summed E-state index contributed by atoms with van der Waals surface area (Å²) < 4.78 is 12.8. The molecule has 1 aliphatic heterocycles. The first kappa shape index (κ1) is 17.1. The van der Waals surface area contributed by atoms with E-state index < -0.39 is 0 Å². The third-order valence-electron chi connectivity index (χ3n) is 4.81. The summed E-state index contributed by atoms with van der Waals surface area (Å²) >= 11 is 0. The monoisotopic (exact) mass is 363 g/mol. The number of ether oxygens (including phenoxy) is 2. The molecule has 4 rings (SSSR count). The Morgan fingerprint density at radius 1 is 1.22 bits per heavy atom. The number of carbonyl (C=O) groups excluding carboxylic acids is 1. The molecule has 27 heavy (non-hydrogen) atoms. The molecular formula is C21H21N3O3. The zero-order valence-corrected chi connectivity index (χ0v) is 15.6. The first-order valence-corrected chi connectivity index (χ1v) is 8.88. The summed E-state index contributed by atoms with van der Waals surface area (Å²) in [7, 11) is 3.48. The minimum atomic E-state index is -0.137. The van der Waals surface area contributed by atoms with Gasteiger partial charge in [-0.05, 0) is 43.3 Å². The van der Waals surface area contributed by atoms with E-state index in [1.54, 1.807) is 16.7 Å². The molecule has 1 aliphatic rings. The fourth-order valence-electron chi connectivity index (χ4n) is 3.48. The molecule has 2 aromatic carbocycles. The van der Waals surface area contributed by atoms with E-state index in [1.807, 2.05) is 62.5 Å². The van der Waals surface area contributed by atoms with E-state index >= 15 is 0 Å². The van der Waals surface area contributed by atoms with Crippen LogP contribution in [0, 0.1) is 0 Å². The molecule has 0 N–H and O–H groups in total. The molecule has 0 radical (unpaired) electrons. The number of aromatic nitrogens is 2. The summed E-state index contributed by atoms with van der Waals surface area (Å²) in [5.74, 6) is 1.43. The van der Waals surface area contributed by atoms with Crippen molar-refractivity contribution in [2.24, 2.45) is 7.05 Å². The van der Waals surface area contributed by atoms with Crippen molar-refractivity contribution < 1.29 is 14.3 Å². The van der Waals surface area contributed by atoms with Crippen LogP contribution in [0.2, 0.25) is 0 Å². The number of hydrogen-bond acceptors (Lipinski definition) is 4. The summed E-state index contributed by atoms with van der Waals surface area (Å²) in [6.45, 7) is 2.82. The van der Waals surface area contributed by atoms with Gasteiger partial charge in [0.15, 0.2) is 5.69 Å². The second-order valence-electron chi connectivity index (χ2n) is 6.33. The van der Waals surface area contributed by atoms with Crippen molar-refractivity contribution in [3.63, 3.8) is 0 Å². The molecule has 0 saturated carbocycles. The number of fused-ring (bicyclic) bond motifs is 3. The fraction of sp³-hybridized carbons (Fsp3) is 0.238. The summed E-state index contributed by atoms with van der Waals surface area (Å²) in [6.07, 6.45) is 0. The predicted molar refractivity (Wildman–Crippen MR) is 103 cm³/mol. The van der Waals surface area contributed by atoms with Gasteiger partial charge in [-0.3, -0.25) is 9.48 Å². The number of rotatable bonds is 4. The first-order chi connectivity index (χ1) is 13.1. The molecule has 0 saturated heterocycles. The van der Waals surface area contributed by atoms with Crippen LogP contribution >= 0.6 is 0 Å². The van der Waals surface area contributed by atoms with Crippen LogP contribution in [0.1, 0.15) is 23.0 Å². The molecule has 0 spiro atoms. The second-order valence-corrected chi connectivity index (χ2v) is 6.33. The highest BCUT2D eigenvalue weighted by Crippen LogP contribution is 2.38. The topological polar surface area (TPSA) is 56.6 Å². The van der Waals surface area contributed by atoms with Crippen LogP contribution in [-0.2, 0) is 13.7 Å². The van der Waals surface area contributed by atoms with Crippen molar-refractivity contribution in [3.05, 3.63) is 59.8 Å². The van der Waals surface area contributed by atoms with Gasteiger partial charge in [0.2, 0.25) is 0 Å². The maximum Gasteiger partial charge on any atom is 0.279 e. The van der Waals surface area contributed by atoms with Crippen LogP contribution in [0.4, 0.5) is 5.69 Å². The minimum Gasteiger partial charge on any atom is -0.497 e. The van der Waals surface area contributed by atoms with Crippen molar-refractivity contribution in [3.8, 4) is 22.8 Å². The van der Waals surface area contributed by atoms with Gasteiger partial charge in [-0.25, -0.2) is 0 Å². The van der Waals surface area contributed by atoms with Gasteiger partial charge in [-0.1, -0.05) is 12.1 Å². The van der Waals surface area contributed by atoms with Crippen molar-refractivity contribution >= 4 is 11.6 Å². The molecule has 0 unspecified atom stereocenters. The zero-order chi connectivity index (χ0) is 19.0. The lowest BCUT2D eigenvalue weighted by Gasteiger charge is -2.22. The van der Waals surface area contributed by atoms with E-state index in [1.165, 1.54) is 0 Å². The smallest absolute Gasteiger partial charge is 0.279 e. The first-order valence-electron chi connectivity index (χ1n) is 8.88. The third-order valence-corrected chi connectivity index (χ3v) is 4.81. The van der Waals surface area contributed by atoms with Crippen molar-refractivity contribution in [1.82, 2.24) is 9.78 Å². The van der Waals surface area contributed by atoms with Crippen molar-refractivity contribution in [2.45, 2.75) is 13.5 Å². The second kappa shape index (κ2) is 6.79. The van der Waals surface area contributed by atoms with Gasteiger partial charge in [-0.15, -0.1) is 0 Å². The molecule has 6 nitrogen and oxygen atoms in total. The average molecular weight is 363 g/mol. The fourth-order valence-corrected chi connectivity index (χ4v) is 3.48. The van der Waals surface area contributed by atoms with Crippen LogP contribution in [-0.4, -0.2) is 29.3 Å². The molecular weight excluding hydrogens is 342 g/mol. The Labute approximate surface area is 157 Å². The number of carbonyl (C=O) groups is 1. The number of anilines is 1. The normalized spacial score (nSPS) is 12.0. The Morgan fingerprint density at radius 2 is 1.96 bits per heavy atom. The highest BCUT2D eigenvalue weighted by Gasteiger charge is 2.30. The number of methoxy groups -OCH3 is 1. The number of para-hydroxylation sites is 1. The molecule has 0 bridgehead atoms. The summed E-state index contributed by atoms with van der Waals surface area (Å²) in [4.78, 5) is 15.0. The number of amides is 1. The maximum absolute atomic E-state index is 13.3. The lowest BCUT2D eigenvalue weighted by Crippen LogP contribution is -2.32. The van der Waals surface area contributed by atoms with Crippen LogP contribution in [0.25, 0.3) is 11.3 Å². The Morgan fingerprint density at radius 3 is 2.67 bits per heavy atom. The van der Waals surface area contributed by atoms with E-state index in [9.17, 15) is 4.79 Å². The van der Waals surface area contributed by atoms with Crippen molar-refractivity contribution in [2.75, 3.05) is 18.6 Å². The number of benzene rings is 2. The van der Waals surface area contributed by atoms with Crippen LogP contribution < -0.4 is 14.4 Å². The van der Waals surface area contributed by atoms with Gasteiger partial charge in [0.25, 0.3) is 5.91 Å². The molecule has 2 heterocycles. The van der Waals surface area contributed by atoms with E-state index in [0.29, 0.717) is 18.8 Å². The number of aryl methyl sites for hydroxylation is 1. The Bertz CT molecular complexity index is 992. The highest BCUT2D eigenvalue weighted by molar-refractivity contribution is 6.06. The molecule has 3 aromatic rings. The van der Waals surface area contributed by atoms with E-state index in [-0.39, 0.29) is 5.91 Å². The van der Waals surface area contributed by atoms with Gasteiger partial charge in [0.1, 0.15) is 18.1 Å². The lowest BCUT2D eigenvalue weighted by atomic mass is 10.0. The Hall–Kier alpha value is -3.28. The molecule has 0 fully saturated rings. The molecule has 0 atom stereocenters. The molecule has 6 heteroatoms. The largest absolute Gasteiger partial charge is 0.497 e. The highest BCUT2D eigenvalue weighted by atomic mass is 16.5. The maximum atomic E-state index is 13.3. The quantitative estimate of drug-likeness (QED) is 0.710. The van der Waals surface area contributed by atoms with E-state index in [2.05, 4.69) is 5.10 Å². The van der Waals surface area contributed by atoms with Crippen LogP contribution in [0.5, 0.6) is 11.5 Å². The number of hydrogen-bond donors (Lipinski definition) is 0. The van der Waals surface area contributed by atoms with Crippen LogP contribution in [0.15, 0.2) is 48.5 Å². The molecule has 1 aromatic heterocycles. The lowest BCUT2D eigenvalue weighted by molar-refractivity contribution is 0.0980. The van der Waals surface area contributed by atoms with Gasteiger partial charge >= 0.3 is 0 Å². The average Bonchev–Trinajstić information content (AvgIpc) is 3.06. The zero-order valence-electron chi connectivity index (χ0n) is 15.6. The minimum absolute atomic E-state index is 0.137. The molecule has 0 aliphatic carbocycles. The SMILES string of the molecule is CCN(C(=O)c1nn(C)c2c1COc1ccccc1-2)c1ccc(OC)cc1. The van der Waals surface area contributed by atoms with Gasteiger partial charge in [-0.2, -0.15) is 5.10 Å². The summed E-state index contributed by atoms with van der Waals surface area (Å²) in [5, 5.41) is 4.54. The van der Waals surface area contributed by atoms with E-state index in [0.717, 1.165) is 34.0 Å². The summed E-state index contributed by atoms with van der Waals surface area (Å²) in [5.41, 5.74) is 3.96. The van der Waals surface area contributed by atoms with Gasteiger partial charge in [0.05, 0.1) is 12.8 Å². The molecule has 138 valence electrons. The molecule has 1 amide bonds. The van der Waals surface area contributed by atoms with Crippen molar-refractivity contribution in [1.29, 1.82) is 0 Å². The Balaban J connectivity index is 1.74. The Kier molecular flexibility index (Phi) is 4.32. The standard InChI is InChI=1S/C21H21N3O3/c1-4-24(14-9-11-15(26-3)12-10-14)21(25)19-17-13-27-18-8-6-5-7-16(18)20(17)23(2)22-19/h5-12H,4,13H2,1-3H3. The predicted octanol–water partition coefficient (Wildman–Crippen LogP) is 3.65. The summed E-state index contributed by atoms with van der Waals surface area (Å²) in [6, 6.07) is 15.3.